The number of carbonyl (C=O) groups excluding carboxylic acids is 1. The van der Waals surface area contributed by atoms with Gasteiger partial charge in [-0.25, -0.2) is 8.78 Å². The van der Waals surface area contributed by atoms with E-state index < -0.39 is 11.8 Å². The van der Waals surface area contributed by atoms with Crippen LogP contribution in [0, 0.1) is 12.8 Å². The quantitative estimate of drug-likeness (QED) is 0.690. The fourth-order valence-electron chi connectivity index (χ4n) is 4.36. The van der Waals surface area contributed by atoms with Crippen molar-refractivity contribution in [2.24, 2.45) is 5.92 Å². The van der Waals surface area contributed by atoms with Gasteiger partial charge >= 0.3 is 0 Å². The van der Waals surface area contributed by atoms with E-state index in [1.807, 2.05) is 13.0 Å². The van der Waals surface area contributed by atoms with Crippen LogP contribution in [0.4, 0.5) is 8.78 Å². The molecule has 4 rings (SSSR count). The third-order valence-corrected chi connectivity index (χ3v) is 6.58. The molecule has 1 heterocycles. The van der Waals surface area contributed by atoms with Gasteiger partial charge in [0.1, 0.15) is 5.75 Å². The van der Waals surface area contributed by atoms with Crippen molar-refractivity contribution in [1.29, 1.82) is 0 Å². The minimum atomic E-state index is -2.54. The lowest BCUT2D eigenvalue weighted by Gasteiger charge is -2.36. The molecule has 1 aliphatic heterocycles. The van der Waals surface area contributed by atoms with E-state index in [9.17, 15) is 13.6 Å². The van der Waals surface area contributed by atoms with Gasteiger partial charge < -0.3 is 10.1 Å². The predicted molar refractivity (Wildman–Crippen MR) is 116 cm³/mol. The number of alkyl halides is 2. The molecule has 2 aromatic carbocycles. The summed E-state index contributed by atoms with van der Waals surface area (Å²) in [6.45, 7) is 8.20. The lowest BCUT2D eigenvalue weighted by Crippen LogP contribution is -2.34. The normalized spacial score (nSPS) is 22.0. The predicted octanol–water partition coefficient (Wildman–Crippen LogP) is 4.78. The van der Waals surface area contributed by atoms with E-state index in [2.05, 4.69) is 47.5 Å². The molecule has 0 spiro atoms. The Morgan fingerprint density at radius 1 is 1.19 bits per heavy atom. The number of rotatable bonds is 7. The number of fused-ring (bicyclic) bond motifs is 1. The number of benzene rings is 2. The van der Waals surface area contributed by atoms with Crippen LogP contribution in [-0.4, -0.2) is 29.9 Å². The Morgan fingerprint density at radius 3 is 2.52 bits per heavy atom. The molecular formula is C25H30F2N2O2. The van der Waals surface area contributed by atoms with E-state index >= 15 is 0 Å². The van der Waals surface area contributed by atoms with Crippen LogP contribution in [0.25, 0.3) is 0 Å². The van der Waals surface area contributed by atoms with Crippen molar-refractivity contribution >= 4 is 5.91 Å². The van der Waals surface area contributed by atoms with Crippen LogP contribution in [0.1, 0.15) is 54.1 Å². The fraction of sp³-hybridized carbons (Fsp3) is 0.480. The van der Waals surface area contributed by atoms with Crippen LogP contribution in [0.3, 0.4) is 0 Å². The van der Waals surface area contributed by atoms with Gasteiger partial charge in [-0.3, -0.25) is 9.69 Å². The number of nitrogens with zero attached hydrogens (tertiary/aromatic N) is 1. The molecular weight excluding hydrogens is 398 g/mol. The summed E-state index contributed by atoms with van der Waals surface area (Å²) in [5, 5.41) is 2.82. The van der Waals surface area contributed by atoms with Crippen LogP contribution in [0.15, 0.2) is 36.4 Å². The highest BCUT2D eigenvalue weighted by molar-refractivity contribution is 5.72. The van der Waals surface area contributed by atoms with Crippen LogP contribution in [0.5, 0.6) is 5.75 Å². The molecule has 1 fully saturated rings. The Hall–Kier alpha value is -2.47. The summed E-state index contributed by atoms with van der Waals surface area (Å²) in [5.41, 5.74) is 5.98. The summed E-state index contributed by atoms with van der Waals surface area (Å²) >= 11 is 0. The largest absolute Gasteiger partial charge is 0.493 e. The van der Waals surface area contributed by atoms with Crippen molar-refractivity contribution in [3.63, 3.8) is 0 Å². The van der Waals surface area contributed by atoms with E-state index in [0.29, 0.717) is 6.54 Å². The lowest BCUT2D eigenvalue weighted by atomic mass is 9.89. The average Bonchev–Trinajstić information content (AvgIpc) is 3.35. The topological polar surface area (TPSA) is 41.6 Å². The fourth-order valence-corrected chi connectivity index (χ4v) is 4.36. The molecule has 2 aromatic rings. The smallest absolute Gasteiger partial charge is 0.255 e. The molecule has 1 aliphatic carbocycles. The van der Waals surface area contributed by atoms with E-state index in [-0.39, 0.29) is 25.0 Å². The highest BCUT2D eigenvalue weighted by Crippen LogP contribution is 2.48. The molecule has 2 unspecified atom stereocenters. The molecule has 0 bridgehead atoms. The van der Waals surface area contributed by atoms with Gasteiger partial charge in [0.25, 0.3) is 5.92 Å². The van der Waals surface area contributed by atoms with Crippen molar-refractivity contribution < 1.29 is 18.3 Å². The first-order valence-electron chi connectivity index (χ1n) is 10.9. The third-order valence-electron chi connectivity index (χ3n) is 6.58. The first-order chi connectivity index (χ1) is 14.7. The average molecular weight is 429 g/mol. The first-order valence-corrected chi connectivity index (χ1v) is 10.9. The summed E-state index contributed by atoms with van der Waals surface area (Å²) in [6.07, 6.45) is 0.861. The standard InChI is InChI=1S/C25H30F2N2O2/c1-16-22-10-11-29(14-20-6-4-19(5-7-20)13-28-18(3)30)17(2)23(22)8-9-24(16)31-15-21-12-25(21,26)27/h4-9,17,21H,10-15H2,1-3H3,(H,28,30). The van der Waals surface area contributed by atoms with Gasteiger partial charge in [-0.1, -0.05) is 30.3 Å². The van der Waals surface area contributed by atoms with Gasteiger partial charge in [-0.2, -0.15) is 0 Å². The molecule has 1 amide bonds. The number of hydrogen-bond acceptors (Lipinski definition) is 3. The third kappa shape index (κ3) is 4.90. The highest BCUT2D eigenvalue weighted by atomic mass is 19.3. The Balaban J connectivity index is 1.39. The molecule has 6 heteroatoms. The van der Waals surface area contributed by atoms with Gasteiger partial charge in [-0.05, 0) is 54.2 Å². The zero-order chi connectivity index (χ0) is 22.2. The van der Waals surface area contributed by atoms with Crippen LogP contribution >= 0.6 is 0 Å². The molecule has 0 radical (unpaired) electrons. The van der Waals surface area contributed by atoms with Crippen LogP contribution in [0.2, 0.25) is 0 Å². The van der Waals surface area contributed by atoms with E-state index in [0.717, 1.165) is 36.4 Å². The summed E-state index contributed by atoms with van der Waals surface area (Å²) in [6, 6.07) is 12.7. The van der Waals surface area contributed by atoms with Gasteiger partial charge in [0, 0.05) is 39.0 Å². The zero-order valence-corrected chi connectivity index (χ0v) is 18.4. The van der Waals surface area contributed by atoms with Crippen LogP contribution < -0.4 is 10.1 Å². The van der Waals surface area contributed by atoms with E-state index in [4.69, 9.17) is 4.74 Å². The van der Waals surface area contributed by atoms with Gasteiger partial charge in [0.05, 0.1) is 12.5 Å². The second kappa shape index (κ2) is 8.58. The molecule has 31 heavy (non-hydrogen) atoms. The van der Waals surface area contributed by atoms with Gasteiger partial charge in [-0.15, -0.1) is 0 Å². The second-order valence-corrected chi connectivity index (χ2v) is 8.85. The maximum Gasteiger partial charge on any atom is 0.255 e. The van der Waals surface area contributed by atoms with Crippen molar-refractivity contribution in [2.75, 3.05) is 13.2 Å². The Kier molecular flexibility index (Phi) is 6.02. The Bertz CT molecular complexity index is 959. The molecule has 4 nitrogen and oxygen atoms in total. The van der Waals surface area contributed by atoms with Crippen LogP contribution in [-0.2, 0) is 24.3 Å². The van der Waals surface area contributed by atoms with Crippen molar-refractivity contribution in [2.45, 2.75) is 58.7 Å². The molecule has 1 saturated carbocycles. The van der Waals surface area contributed by atoms with Crippen molar-refractivity contribution in [3.05, 3.63) is 64.2 Å². The number of ether oxygens (including phenoxy) is 1. The zero-order valence-electron chi connectivity index (χ0n) is 18.4. The van der Waals surface area contributed by atoms with E-state index in [1.165, 1.54) is 23.6 Å². The maximum atomic E-state index is 13.1. The first kappa shape index (κ1) is 21.8. The SMILES string of the molecule is CC(=O)NCc1ccc(CN2CCc3c(ccc(OCC4CC4(F)F)c3C)C2C)cc1. The minimum absolute atomic E-state index is 0.0285. The molecule has 166 valence electrons. The summed E-state index contributed by atoms with van der Waals surface area (Å²) in [7, 11) is 0. The number of hydrogen-bond donors (Lipinski definition) is 1. The summed E-state index contributed by atoms with van der Waals surface area (Å²) in [5.74, 6) is -2.47. The van der Waals surface area contributed by atoms with Crippen molar-refractivity contribution in [3.8, 4) is 5.75 Å². The molecule has 0 aromatic heterocycles. The lowest BCUT2D eigenvalue weighted by molar-refractivity contribution is -0.119. The number of carbonyl (C=O) groups is 1. The molecule has 1 N–H and O–H groups in total. The number of halogens is 2. The van der Waals surface area contributed by atoms with Crippen molar-refractivity contribution in [1.82, 2.24) is 10.2 Å². The Morgan fingerprint density at radius 2 is 1.87 bits per heavy atom. The Labute approximate surface area is 182 Å². The van der Waals surface area contributed by atoms with E-state index in [1.54, 1.807) is 0 Å². The highest BCUT2D eigenvalue weighted by Gasteiger charge is 2.57. The number of amides is 1. The monoisotopic (exact) mass is 428 g/mol. The maximum absolute atomic E-state index is 13.1. The second-order valence-electron chi connectivity index (χ2n) is 8.85. The molecule has 2 atom stereocenters. The van der Waals surface area contributed by atoms with Gasteiger partial charge in [0.15, 0.2) is 0 Å². The number of nitrogens with one attached hydrogen (secondary N) is 1. The summed E-state index contributed by atoms with van der Waals surface area (Å²) in [4.78, 5) is 13.5. The van der Waals surface area contributed by atoms with Gasteiger partial charge in [0.2, 0.25) is 5.91 Å². The molecule has 0 saturated heterocycles. The summed E-state index contributed by atoms with van der Waals surface area (Å²) < 4.78 is 32.0. The minimum Gasteiger partial charge on any atom is -0.493 e. The molecule has 2 aliphatic rings.